The molecule has 0 bridgehead atoms. The molecule has 5 unspecified atom stereocenters. The number of aliphatic carboxylic acids is 1. The predicted octanol–water partition coefficient (Wildman–Crippen LogP) is 8.57. The number of rotatable bonds is 27. The summed E-state index contributed by atoms with van der Waals surface area (Å²) >= 11 is 4.60. The normalized spacial score (nSPS) is 16.2. The van der Waals surface area contributed by atoms with Crippen molar-refractivity contribution in [1.82, 2.24) is 0 Å². The number of aliphatic hydroxyl groups is 1. The van der Waals surface area contributed by atoms with Crippen LogP contribution in [0, 0.1) is 5.92 Å². The molecule has 0 spiro atoms. The molecule has 0 aromatic heterocycles. The van der Waals surface area contributed by atoms with Crippen molar-refractivity contribution in [2.75, 3.05) is 0 Å². The largest absolute Gasteiger partial charge is 0.477 e. The van der Waals surface area contributed by atoms with Crippen molar-refractivity contribution in [2.24, 2.45) is 5.92 Å². The minimum atomic E-state index is -2.69. The molecule has 0 amide bonds. The molecule has 0 saturated carbocycles. The maximum absolute atomic E-state index is 11.2. The number of thiol groups is 1. The minimum absolute atomic E-state index is 0.326. The monoisotopic (exact) mass is 552 g/mol. The van der Waals surface area contributed by atoms with E-state index in [0.717, 1.165) is 19.3 Å². The van der Waals surface area contributed by atoms with E-state index in [9.17, 15) is 14.5 Å². The number of carbonyl (C=O) groups is 1. The number of hydrogen-bond acceptors (Lipinski definition) is 6. The van der Waals surface area contributed by atoms with Gasteiger partial charge in [0.15, 0.2) is 6.29 Å². The van der Waals surface area contributed by atoms with Gasteiger partial charge in [0.05, 0.1) is 0 Å². The minimum Gasteiger partial charge on any atom is -0.477 e. The second-order valence-electron chi connectivity index (χ2n) is 10.3. The summed E-state index contributed by atoms with van der Waals surface area (Å²) in [6.45, 7) is 6.25. The van der Waals surface area contributed by atoms with Crippen LogP contribution in [0.2, 0.25) is 0 Å². The van der Waals surface area contributed by atoms with Crippen LogP contribution in [-0.2, 0) is 18.8 Å². The van der Waals surface area contributed by atoms with Crippen LogP contribution in [-0.4, -0.2) is 33.4 Å². The molecule has 0 aliphatic carbocycles. The number of carboxylic acid groups (broad SMARTS) is 1. The number of hydrogen-bond donors (Lipinski definition) is 3. The van der Waals surface area contributed by atoms with Crippen LogP contribution < -0.4 is 0 Å². The summed E-state index contributed by atoms with van der Waals surface area (Å²) in [5.41, 5.74) is -3.12. The van der Waals surface area contributed by atoms with Crippen LogP contribution in [0.5, 0.6) is 0 Å². The first-order valence-electron chi connectivity index (χ1n) is 14.8. The van der Waals surface area contributed by atoms with Crippen LogP contribution in [0.4, 0.5) is 0 Å². The van der Waals surface area contributed by atoms with Gasteiger partial charge in [-0.25, -0.2) is 4.79 Å². The second-order valence-corrected chi connectivity index (χ2v) is 11.9. The standard InChI is InChI=1S/C28H57O6PS/c1-4-7-9-11-12-13-14-15-16-18-20-22-24(21-19-17-10-8-5-2)23-26(36)33-25(6-3)34-28(31,35-32)27(29)30/h24-26,31,36H,4-23,35H2,1-3H3,(H,29,30). The van der Waals surface area contributed by atoms with Crippen LogP contribution >= 0.6 is 21.1 Å². The molecule has 0 aromatic rings. The molecule has 6 nitrogen and oxygen atoms in total. The molecule has 0 saturated heterocycles. The molecule has 0 aliphatic heterocycles. The highest BCUT2D eigenvalue weighted by atomic mass is 32.1. The Labute approximate surface area is 228 Å². The SMILES string of the molecule is CCCCCCCCCCCCCC(CCCCCCC)CC(S)OC(CC)OC(O)([PH2]=O)C(=O)O. The molecule has 0 fully saturated rings. The smallest absolute Gasteiger partial charge is 0.371 e. The van der Waals surface area contributed by atoms with Gasteiger partial charge >= 0.3 is 11.5 Å². The third kappa shape index (κ3) is 19.1. The molecule has 216 valence electrons. The lowest BCUT2D eigenvalue weighted by Crippen LogP contribution is -2.40. The molecule has 0 aliphatic rings. The summed E-state index contributed by atoms with van der Waals surface area (Å²) in [6.07, 6.45) is 23.3. The van der Waals surface area contributed by atoms with E-state index in [4.69, 9.17) is 14.6 Å². The third-order valence-electron chi connectivity index (χ3n) is 6.89. The molecule has 2 N–H and O–H groups in total. The van der Waals surface area contributed by atoms with Gasteiger partial charge in [-0.2, -0.15) is 0 Å². The lowest BCUT2D eigenvalue weighted by atomic mass is 9.91. The summed E-state index contributed by atoms with van der Waals surface area (Å²) in [5.74, 6) is -1.17. The Morgan fingerprint density at radius 1 is 0.806 bits per heavy atom. The lowest BCUT2D eigenvalue weighted by molar-refractivity contribution is -0.256. The van der Waals surface area contributed by atoms with Crippen LogP contribution in [0.25, 0.3) is 0 Å². The zero-order valence-electron chi connectivity index (χ0n) is 23.4. The highest BCUT2D eigenvalue weighted by molar-refractivity contribution is 7.80. The average Bonchev–Trinajstić information content (AvgIpc) is 2.86. The maximum Gasteiger partial charge on any atom is 0.371 e. The summed E-state index contributed by atoms with van der Waals surface area (Å²) in [5, 5.41) is 19.1. The van der Waals surface area contributed by atoms with Gasteiger partial charge in [0.1, 0.15) is 13.9 Å². The first-order valence-corrected chi connectivity index (χ1v) is 16.3. The van der Waals surface area contributed by atoms with Crippen molar-refractivity contribution in [2.45, 2.75) is 166 Å². The zero-order valence-corrected chi connectivity index (χ0v) is 25.5. The fraction of sp³-hybridized carbons (Fsp3) is 0.964. The van der Waals surface area contributed by atoms with E-state index < -0.39 is 31.7 Å². The summed E-state index contributed by atoms with van der Waals surface area (Å²) in [4.78, 5) is 11.2. The van der Waals surface area contributed by atoms with E-state index in [1.165, 1.54) is 103 Å². The fourth-order valence-corrected chi connectivity index (χ4v) is 5.31. The van der Waals surface area contributed by atoms with Gasteiger partial charge < -0.3 is 24.3 Å². The van der Waals surface area contributed by atoms with Gasteiger partial charge in [-0.05, 0) is 18.8 Å². The Kier molecular flexibility index (Phi) is 24.0. The lowest BCUT2D eigenvalue weighted by Gasteiger charge is -2.28. The quantitative estimate of drug-likeness (QED) is 0.0409. The maximum atomic E-state index is 11.2. The fourth-order valence-electron chi connectivity index (χ4n) is 4.57. The van der Waals surface area contributed by atoms with Gasteiger partial charge in [-0.1, -0.05) is 136 Å². The first-order chi connectivity index (χ1) is 17.3. The second kappa shape index (κ2) is 24.0. The highest BCUT2D eigenvalue weighted by Gasteiger charge is 2.39. The highest BCUT2D eigenvalue weighted by Crippen LogP contribution is 2.29. The molecule has 36 heavy (non-hydrogen) atoms. The van der Waals surface area contributed by atoms with Gasteiger partial charge in [0.2, 0.25) is 0 Å². The van der Waals surface area contributed by atoms with Gasteiger partial charge in [-0.3, -0.25) is 0 Å². The average molecular weight is 553 g/mol. The number of carboxylic acids is 1. The Morgan fingerprint density at radius 3 is 1.58 bits per heavy atom. The van der Waals surface area contributed by atoms with E-state index in [1.54, 1.807) is 6.92 Å². The molecule has 8 heteroatoms. The van der Waals surface area contributed by atoms with Crippen molar-refractivity contribution < 1.29 is 29.0 Å². The zero-order chi connectivity index (χ0) is 27.1. The van der Waals surface area contributed by atoms with Crippen molar-refractivity contribution in [1.29, 1.82) is 0 Å². The number of unbranched alkanes of at least 4 members (excludes halogenated alkanes) is 14. The Hall–Kier alpha value is -0.0700. The Morgan fingerprint density at radius 2 is 1.22 bits per heavy atom. The molecule has 5 atom stereocenters. The van der Waals surface area contributed by atoms with Crippen molar-refractivity contribution >= 4 is 27.1 Å². The van der Waals surface area contributed by atoms with E-state index >= 15 is 0 Å². The third-order valence-corrected chi connectivity index (χ3v) is 7.92. The molecule has 0 aromatic carbocycles. The van der Waals surface area contributed by atoms with Gasteiger partial charge in [-0.15, -0.1) is 12.6 Å². The molecule has 0 radical (unpaired) electrons. The number of ether oxygens (including phenoxy) is 2. The van der Waals surface area contributed by atoms with Crippen LogP contribution in [0.15, 0.2) is 0 Å². The molecule has 0 heterocycles. The Balaban J connectivity index is 4.47. The topological polar surface area (TPSA) is 93.1 Å². The van der Waals surface area contributed by atoms with E-state index in [1.807, 2.05) is 0 Å². The molecular formula is C28H57O6PS. The van der Waals surface area contributed by atoms with E-state index in [-0.39, 0.29) is 0 Å². The summed E-state index contributed by atoms with van der Waals surface area (Å²) in [6, 6.07) is 0. The van der Waals surface area contributed by atoms with Crippen LogP contribution in [0.3, 0.4) is 0 Å². The van der Waals surface area contributed by atoms with Crippen molar-refractivity contribution in [3.63, 3.8) is 0 Å². The summed E-state index contributed by atoms with van der Waals surface area (Å²) in [7, 11) is -2.07. The van der Waals surface area contributed by atoms with E-state index in [0.29, 0.717) is 12.3 Å². The Bertz CT molecular complexity index is 538. The van der Waals surface area contributed by atoms with Gasteiger partial charge in [0, 0.05) is 0 Å². The first kappa shape index (κ1) is 35.9. The summed E-state index contributed by atoms with van der Waals surface area (Å²) < 4.78 is 22.2. The van der Waals surface area contributed by atoms with Crippen LogP contribution in [0.1, 0.15) is 149 Å². The van der Waals surface area contributed by atoms with Crippen molar-refractivity contribution in [3.8, 4) is 0 Å². The van der Waals surface area contributed by atoms with Crippen molar-refractivity contribution in [3.05, 3.63) is 0 Å². The van der Waals surface area contributed by atoms with Gasteiger partial charge in [0.25, 0.3) is 0 Å². The molecule has 0 rings (SSSR count). The predicted molar refractivity (Wildman–Crippen MR) is 155 cm³/mol. The van der Waals surface area contributed by atoms with E-state index in [2.05, 4.69) is 26.5 Å². The molecular weight excluding hydrogens is 495 g/mol.